The number of hydrogen-bond donors (Lipinski definition) is 0. The zero-order valence-corrected chi connectivity index (χ0v) is 11.4. The van der Waals surface area contributed by atoms with Crippen molar-refractivity contribution < 1.29 is 9.53 Å². The number of methoxy groups -OCH3 is 1. The summed E-state index contributed by atoms with van der Waals surface area (Å²) in [5.74, 6) is 0.750. The van der Waals surface area contributed by atoms with Crippen LogP contribution < -0.4 is 10.2 Å². The van der Waals surface area contributed by atoms with Crippen LogP contribution in [0, 0.1) is 13.8 Å². The Balaban J connectivity index is 2.44. The Morgan fingerprint density at radius 3 is 2.05 bits per heavy atom. The highest BCUT2D eigenvalue weighted by molar-refractivity contribution is 6.32. The van der Waals surface area contributed by atoms with Crippen molar-refractivity contribution in [1.82, 2.24) is 0 Å². The van der Waals surface area contributed by atoms with Gasteiger partial charge in [-0.1, -0.05) is 17.6 Å². The van der Waals surface area contributed by atoms with Gasteiger partial charge in [-0.15, -0.1) is 0 Å². The molecule has 0 aromatic heterocycles. The lowest BCUT2D eigenvalue weighted by molar-refractivity contribution is 0.103. The maximum Gasteiger partial charge on any atom is 0.193 e. The summed E-state index contributed by atoms with van der Waals surface area (Å²) in [6.07, 6.45) is 0. The van der Waals surface area contributed by atoms with E-state index in [1.165, 1.54) is 0 Å². The first kappa shape index (κ1) is 13.4. The Morgan fingerprint density at radius 1 is 1.05 bits per heavy atom. The van der Waals surface area contributed by atoms with E-state index in [9.17, 15) is 4.79 Å². The van der Waals surface area contributed by atoms with Crippen molar-refractivity contribution >= 4 is 19.1 Å². The van der Waals surface area contributed by atoms with Crippen LogP contribution in [0.4, 0.5) is 0 Å². The number of hydrogen-bond acceptors (Lipinski definition) is 2. The molecule has 94 valence electrons. The molecule has 0 spiro atoms. The highest BCUT2D eigenvalue weighted by Crippen LogP contribution is 2.19. The van der Waals surface area contributed by atoms with Crippen LogP contribution in [0.25, 0.3) is 0 Å². The monoisotopic (exact) mass is 250 g/mol. The first-order chi connectivity index (χ1) is 9.02. The molecule has 2 aromatic carbocycles. The van der Waals surface area contributed by atoms with Crippen LogP contribution in [0.15, 0.2) is 36.4 Å². The van der Waals surface area contributed by atoms with Crippen molar-refractivity contribution in [3.05, 3.63) is 58.7 Å². The number of rotatable bonds is 3. The number of aryl methyl sites for hydroxylation is 2. The van der Waals surface area contributed by atoms with E-state index in [2.05, 4.69) is 0 Å². The summed E-state index contributed by atoms with van der Waals surface area (Å²) in [5, 5.41) is 0. The SMILES string of the molecule is [B]c1cc(C)c(C(=O)c2ccc(OC)cc2)c(C)c1. The molecular weight excluding hydrogens is 235 g/mol. The molecule has 0 fully saturated rings. The van der Waals surface area contributed by atoms with Gasteiger partial charge in [0.15, 0.2) is 5.78 Å². The van der Waals surface area contributed by atoms with Gasteiger partial charge in [-0.3, -0.25) is 4.79 Å². The molecule has 0 atom stereocenters. The van der Waals surface area contributed by atoms with Gasteiger partial charge >= 0.3 is 0 Å². The first-order valence-electron chi connectivity index (χ1n) is 6.08. The van der Waals surface area contributed by atoms with E-state index in [0.29, 0.717) is 11.0 Å². The lowest BCUT2D eigenvalue weighted by Crippen LogP contribution is -2.12. The van der Waals surface area contributed by atoms with Crippen molar-refractivity contribution in [3.63, 3.8) is 0 Å². The Bertz CT molecular complexity index is 592. The third-order valence-electron chi connectivity index (χ3n) is 3.13. The fourth-order valence-corrected chi connectivity index (χ4v) is 2.24. The smallest absolute Gasteiger partial charge is 0.193 e. The van der Waals surface area contributed by atoms with E-state index in [4.69, 9.17) is 12.6 Å². The second-order valence-corrected chi connectivity index (χ2v) is 4.59. The maximum atomic E-state index is 12.5. The fourth-order valence-electron chi connectivity index (χ4n) is 2.24. The molecular formula is C16H15BO2. The Morgan fingerprint density at radius 2 is 1.58 bits per heavy atom. The molecule has 0 saturated heterocycles. The van der Waals surface area contributed by atoms with Crippen LogP contribution in [-0.4, -0.2) is 20.7 Å². The highest BCUT2D eigenvalue weighted by atomic mass is 16.5. The number of carbonyl (C=O) groups excluding carboxylic acids is 1. The molecule has 0 bridgehead atoms. The summed E-state index contributed by atoms with van der Waals surface area (Å²) in [7, 11) is 7.38. The molecule has 2 aromatic rings. The van der Waals surface area contributed by atoms with Crippen LogP contribution in [0.2, 0.25) is 0 Å². The molecule has 0 unspecified atom stereocenters. The van der Waals surface area contributed by atoms with Gasteiger partial charge in [0, 0.05) is 11.1 Å². The minimum absolute atomic E-state index is 0.0117. The average molecular weight is 250 g/mol. The highest BCUT2D eigenvalue weighted by Gasteiger charge is 2.14. The van der Waals surface area contributed by atoms with Gasteiger partial charge in [-0.25, -0.2) is 0 Å². The second-order valence-electron chi connectivity index (χ2n) is 4.59. The Kier molecular flexibility index (Phi) is 3.75. The van der Waals surface area contributed by atoms with Gasteiger partial charge < -0.3 is 4.74 Å². The molecule has 0 aliphatic rings. The summed E-state index contributed by atoms with van der Waals surface area (Å²) >= 11 is 0. The van der Waals surface area contributed by atoms with E-state index in [-0.39, 0.29) is 5.78 Å². The molecule has 0 aliphatic carbocycles. The maximum absolute atomic E-state index is 12.5. The zero-order valence-electron chi connectivity index (χ0n) is 11.4. The fraction of sp³-hybridized carbons (Fsp3) is 0.188. The number of ketones is 1. The molecule has 2 nitrogen and oxygen atoms in total. The van der Waals surface area contributed by atoms with Gasteiger partial charge in [0.1, 0.15) is 13.6 Å². The number of ether oxygens (including phenoxy) is 1. The van der Waals surface area contributed by atoms with Gasteiger partial charge in [0.05, 0.1) is 7.11 Å². The van der Waals surface area contributed by atoms with Crippen LogP contribution in [0.3, 0.4) is 0 Å². The molecule has 2 rings (SSSR count). The van der Waals surface area contributed by atoms with Gasteiger partial charge in [-0.05, 0) is 49.2 Å². The lowest BCUT2D eigenvalue weighted by Gasteiger charge is -2.11. The minimum Gasteiger partial charge on any atom is -0.497 e. The molecule has 0 aliphatic heterocycles. The van der Waals surface area contributed by atoms with E-state index in [0.717, 1.165) is 22.4 Å². The zero-order chi connectivity index (χ0) is 14.0. The summed E-state index contributed by atoms with van der Waals surface area (Å²) in [6.45, 7) is 3.81. The molecule has 0 N–H and O–H groups in total. The predicted octanol–water partition coefficient (Wildman–Crippen LogP) is 2.34. The Hall–Kier alpha value is -2.03. The van der Waals surface area contributed by atoms with Crippen molar-refractivity contribution in [3.8, 4) is 5.75 Å². The van der Waals surface area contributed by atoms with Crippen LogP contribution >= 0.6 is 0 Å². The van der Waals surface area contributed by atoms with Crippen LogP contribution in [0.5, 0.6) is 5.75 Å². The lowest BCUT2D eigenvalue weighted by atomic mass is 9.87. The third-order valence-corrected chi connectivity index (χ3v) is 3.13. The molecule has 19 heavy (non-hydrogen) atoms. The van der Waals surface area contributed by atoms with E-state index < -0.39 is 0 Å². The van der Waals surface area contributed by atoms with Crippen LogP contribution in [0.1, 0.15) is 27.0 Å². The summed E-state index contributed by atoms with van der Waals surface area (Å²) in [4.78, 5) is 12.5. The topological polar surface area (TPSA) is 26.3 Å². The number of carbonyl (C=O) groups is 1. The first-order valence-corrected chi connectivity index (χ1v) is 6.08. The largest absolute Gasteiger partial charge is 0.497 e. The standard InChI is InChI=1S/C16H15BO2/c1-10-8-13(17)9-11(2)15(10)16(18)12-4-6-14(19-3)7-5-12/h4-9H,1-3H3. The minimum atomic E-state index is 0.0117. The van der Waals surface area contributed by atoms with Gasteiger partial charge in [0.2, 0.25) is 0 Å². The molecule has 0 saturated carbocycles. The van der Waals surface area contributed by atoms with Crippen molar-refractivity contribution in [2.75, 3.05) is 7.11 Å². The van der Waals surface area contributed by atoms with Crippen molar-refractivity contribution in [2.45, 2.75) is 13.8 Å². The average Bonchev–Trinajstić information content (AvgIpc) is 2.37. The molecule has 0 heterocycles. The second kappa shape index (κ2) is 5.31. The third kappa shape index (κ3) is 2.70. The predicted molar refractivity (Wildman–Crippen MR) is 77.7 cm³/mol. The molecule has 0 amide bonds. The van der Waals surface area contributed by atoms with Crippen LogP contribution in [-0.2, 0) is 0 Å². The quantitative estimate of drug-likeness (QED) is 0.617. The number of benzene rings is 2. The normalized spacial score (nSPS) is 10.3. The van der Waals surface area contributed by atoms with Gasteiger partial charge in [0.25, 0.3) is 0 Å². The summed E-state index contributed by atoms with van der Waals surface area (Å²) < 4.78 is 5.09. The summed E-state index contributed by atoms with van der Waals surface area (Å²) in [5.41, 5.74) is 3.86. The van der Waals surface area contributed by atoms with E-state index in [1.807, 2.05) is 26.0 Å². The summed E-state index contributed by atoms with van der Waals surface area (Å²) in [6, 6.07) is 10.8. The van der Waals surface area contributed by atoms with Crippen molar-refractivity contribution in [2.24, 2.45) is 0 Å². The molecule has 2 radical (unpaired) electrons. The van der Waals surface area contributed by atoms with Crippen molar-refractivity contribution in [1.29, 1.82) is 0 Å². The van der Waals surface area contributed by atoms with Gasteiger partial charge in [-0.2, -0.15) is 0 Å². The van der Waals surface area contributed by atoms with E-state index in [1.54, 1.807) is 31.4 Å². The molecule has 3 heteroatoms. The van der Waals surface area contributed by atoms with E-state index >= 15 is 0 Å². The Labute approximate surface area is 114 Å².